The summed E-state index contributed by atoms with van der Waals surface area (Å²) in [6, 6.07) is 14.8. The van der Waals surface area contributed by atoms with Crippen LogP contribution in [0.1, 0.15) is 17.3 Å². The number of nitrogens with one attached hydrogen (secondary N) is 2. The maximum Gasteiger partial charge on any atom is 0.251 e. The zero-order chi connectivity index (χ0) is 18.9. The van der Waals surface area contributed by atoms with E-state index in [2.05, 4.69) is 10.6 Å². The number of rotatable bonds is 10. The molecule has 0 saturated carbocycles. The SMILES string of the molecule is CCOc1cc(C(=O)NCC2CNC2)ccc1OCCOc1ccccc1.Cl. The zero-order valence-electron chi connectivity index (χ0n) is 16.0. The van der Waals surface area contributed by atoms with Crippen molar-refractivity contribution in [2.75, 3.05) is 39.5 Å². The summed E-state index contributed by atoms with van der Waals surface area (Å²) in [6.45, 7) is 5.81. The summed E-state index contributed by atoms with van der Waals surface area (Å²) in [7, 11) is 0. The molecule has 1 amide bonds. The van der Waals surface area contributed by atoms with Gasteiger partial charge in [-0.05, 0) is 37.3 Å². The van der Waals surface area contributed by atoms with Crippen molar-refractivity contribution in [2.24, 2.45) is 5.92 Å². The quantitative estimate of drug-likeness (QED) is 0.594. The molecule has 1 heterocycles. The lowest BCUT2D eigenvalue weighted by Gasteiger charge is -2.27. The lowest BCUT2D eigenvalue weighted by atomic mass is 10.0. The fourth-order valence-corrected chi connectivity index (χ4v) is 2.70. The number of amides is 1. The second-order valence-electron chi connectivity index (χ2n) is 6.34. The van der Waals surface area contributed by atoms with Gasteiger partial charge in [-0.15, -0.1) is 12.4 Å². The van der Waals surface area contributed by atoms with E-state index in [0.717, 1.165) is 18.8 Å². The normalized spacial score (nSPS) is 13.0. The molecule has 0 aromatic heterocycles. The van der Waals surface area contributed by atoms with Crippen LogP contribution in [0.4, 0.5) is 0 Å². The molecule has 28 heavy (non-hydrogen) atoms. The number of para-hydroxylation sites is 1. The number of ether oxygens (including phenoxy) is 3. The molecule has 1 aliphatic heterocycles. The molecule has 0 spiro atoms. The van der Waals surface area contributed by atoms with Crippen LogP contribution in [0.2, 0.25) is 0 Å². The average Bonchev–Trinajstić information content (AvgIpc) is 2.66. The molecule has 0 bridgehead atoms. The van der Waals surface area contributed by atoms with Crippen LogP contribution in [-0.2, 0) is 0 Å². The summed E-state index contributed by atoms with van der Waals surface area (Å²) in [4.78, 5) is 12.3. The highest BCUT2D eigenvalue weighted by molar-refractivity contribution is 5.94. The van der Waals surface area contributed by atoms with Crippen molar-refractivity contribution in [2.45, 2.75) is 6.92 Å². The monoisotopic (exact) mass is 406 g/mol. The Morgan fingerprint density at radius 1 is 1.04 bits per heavy atom. The predicted octanol–water partition coefficient (Wildman–Crippen LogP) is 2.91. The average molecular weight is 407 g/mol. The highest BCUT2D eigenvalue weighted by Crippen LogP contribution is 2.28. The van der Waals surface area contributed by atoms with Crippen LogP contribution in [0.3, 0.4) is 0 Å². The third-order valence-corrected chi connectivity index (χ3v) is 4.28. The summed E-state index contributed by atoms with van der Waals surface area (Å²) < 4.78 is 17.1. The Labute approximate surface area is 172 Å². The van der Waals surface area contributed by atoms with E-state index in [1.807, 2.05) is 37.3 Å². The van der Waals surface area contributed by atoms with Gasteiger partial charge in [0, 0.05) is 31.1 Å². The fraction of sp³-hybridized carbons (Fsp3) is 0.381. The van der Waals surface area contributed by atoms with E-state index in [1.165, 1.54) is 0 Å². The highest BCUT2D eigenvalue weighted by Gasteiger charge is 2.18. The first kappa shape index (κ1) is 21.9. The van der Waals surface area contributed by atoms with E-state index in [0.29, 0.717) is 49.3 Å². The number of carbonyl (C=O) groups is 1. The van der Waals surface area contributed by atoms with Gasteiger partial charge < -0.3 is 24.8 Å². The van der Waals surface area contributed by atoms with Crippen molar-refractivity contribution < 1.29 is 19.0 Å². The molecule has 3 rings (SSSR count). The van der Waals surface area contributed by atoms with Gasteiger partial charge in [0.25, 0.3) is 5.91 Å². The molecule has 0 radical (unpaired) electrons. The first-order valence-electron chi connectivity index (χ1n) is 9.32. The minimum Gasteiger partial charge on any atom is -0.490 e. The maximum absolute atomic E-state index is 12.3. The van der Waals surface area contributed by atoms with Crippen molar-refractivity contribution in [1.29, 1.82) is 0 Å². The topological polar surface area (TPSA) is 68.8 Å². The van der Waals surface area contributed by atoms with Gasteiger partial charge in [-0.25, -0.2) is 0 Å². The smallest absolute Gasteiger partial charge is 0.251 e. The third kappa shape index (κ3) is 6.32. The fourth-order valence-electron chi connectivity index (χ4n) is 2.70. The Morgan fingerprint density at radius 2 is 1.79 bits per heavy atom. The van der Waals surface area contributed by atoms with Gasteiger partial charge in [-0.2, -0.15) is 0 Å². The second kappa shape index (κ2) is 11.4. The number of halogens is 1. The first-order chi connectivity index (χ1) is 13.3. The molecule has 0 unspecified atom stereocenters. The molecular weight excluding hydrogens is 380 g/mol. The Morgan fingerprint density at radius 3 is 2.46 bits per heavy atom. The zero-order valence-corrected chi connectivity index (χ0v) is 16.8. The number of hydrogen-bond acceptors (Lipinski definition) is 5. The Bertz CT molecular complexity index is 738. The molecule has 6 nitrogen and oxygen atoms in total. The van der Waals surface area contributed by atoms with Gasteiger partial charge in [0.05, 0.1) is 6.61 Å². The molecule has 152 valence electrons. The van der Waals surface area contributed by atoms with E-state index in [4.69, 9.17) is 14.2 Å². The lowest BCUT2D eigenvalue weighted by molar-refractivity contribution is 0.0941. The molecule has 7 heteroatoms. The first-order valence-corrected chi connectivity index (χ1v) is 9.32. The van der Waals surface area contributed by atoms with Crippen LogP contribution in [0.25, 0.3) is 0 Å². The summed E-state index contributed by atoms with van der Waals surface area (Å²) in [6.07, 6.45) is 0. The molecular formula is C21H27ClN2O4. The van der Waals surface area contributed by atoms with Crippen LogP contribution in [0.15, 0.2) is 48.5 Å². The van der Waals surface area contributed by atoms with E-state index in [9.17, 15) is 4.79 Å². The van der Waals surface area contributed by atoms with Crippen LogP contribution in [0, 0.1) is 5.92 Å². The van der Waals surface area contributed by atoms with Gasteiger partial charge in [0.1, 0.15) is 19.0 Å². The van der Waals surface area contributed by atoms with Gasteiger partial charge >= 0.3 is 0 Å². The van der Waals surface area contributed by atoms with Gasteiger partial charge in [0.15, 0.2) is 11.5 Å². The Hall–Kier alpha value is -2.44. The standard InChI is InChI=1S/C21H26N2O4.ClH/c1-2-25-20-12-17(21(24)23-15-16-13-22-14-16)8-9-19(20)27-11-10-26-18-6-4-3-5-7-18;/h3-9,12,16,22H,2,10-11,13-15H2,1H3,(H,23,24);1H. The maximum atomic E-state index is 12.3. The van der Waals surface area contributed by atoms with Crippen LogP contribution < -0.4 is 24.8 Å². The minimum atomic E-state index is -0.0955. The molecule has 2 aromatic carbocycles. The molecule has 0 atom stereocenters. The number of hydrogen-bond donors (Lipinski definition) is 2. The van der Waals surface area contributed by atoms with Gasteiger partial charge in [-0.1, -0.05) is 18.2 Å². The molecule has 0 aliphatic carbocycles. The highest BCUT2D eigenvalue weighted by atomic mass is 35.5. The van der Waals surface area contributed by atoms with E-state index < -0.39 is 0 Å². The third-order valence-electron chi connectivity index (χ3n) is 4.28. The predicted molar refractivity (Wildman–Crippen MR) is 111 cm³/mol. The van der Waals surface area contributed by atoms with Gasteiger partial charge in [-0.3, -0.25) is 4.79 Å². The van der Waals surface area contributed by atoms with Crippen molar-refractivity contribution in [3.63, 3.8) is 0 Å². The minimum absolute atomic E-state index is 0. The summed E-state index contributed by atoms with van der Waals surface area (Å²) in [5.74, 6) is 2.40. The van der Waals surface area contributed by atoms with Crippen LogP contribution in [-0.4, -0.2) is 45.4 Å². The summed E-state index contributed by atoms with van der Waals surface area (Å²) >= 11 is 0. The molecule has 1 fully saturated rings. The largest absolute Gasteiger partial charge is 0.490 e. The van der Waals surface area contributed by atoms with Crippen LogP contribution >= 0.6 is 12.4 Å². The number of carbonyl (C=O) groups excluding carboxylic acids is 1. The van der Waals surface area contributed by atoms with Crippen molar-refractivity contribution in [3.05, 3.63) is 54.1 Å². The van der Waals surface area contributed by atoms with Crippen molar-refractivity contribution in [3.8, 4) is 17.2 Å². The molecule has 2 aromatic rings. The molecule has 1 aliphatic rings. The second-order valence-corrected chi connectivity index (χ2v) is 6.34. The van der Waals surface area contributed by atoms with E-state index in [-0.39, 0.29) is 18.3 Å². The van der Waals surface area contributed by atoms with Crippen molar-refractivity contribution in [1.82, 2.24) is 10.6 Å². The van der Waals surface area contributed by atoms with Gasteiger partial charge in [0.2, 0.25) is 0 Å². The molecule has 2 N–H and O–H groups in total. The summed E-state index contributed by atoms with van der Waals surface area (Å²) in [5.41, 5.74) is 0.568. The number of benzene rings is 2. The van der Waals surface area contributed by atoms with E-state index in [1.54, 1.807) is 18.2 Å². The van der Waals surface area contributed by atoms with Crippen molar-refractivity contribution >= 4 is 18.3 Å². The lowest BCUT2D eigenvalue weighted by Crippen LogP contribution is -2.48. The Balaban J connectivity index is 0.00000280. The summed E-state index contributed by atoms with van der Waals surface area (Å²) in [5, 5.41) is 6.16. The van der Waals surface area contributed by atoms with Crippen LogP contribution in [0.5, 0.6) is 17.2 Å². The Kier molecular flexibility index (Phi) is 8.91. The van der Waals surface area contributed by atoms with E-state index >= 15 is 0 Å². The molecule has 1 saturated heterocycles.